The fourth-order valence-electron chi connectivity index (χ4n) is 1.47. The van der Waals surface area contributed by atoms with Gasteiger partial charge in [-0.15, -0.1) is 0 Å². The van der Waals surface area contributed by atoms with Crippen LogP contribution in [-0.4, -0.2) is 37.3 Å². The molecule has 0 aliphatic carbocycles. The molecule has 15 heavy (non-hydrogen) atoms. The van der Waals surface area contributed by atoms with Crippen molar-refractivity contribution < 1.29 is 26.6 Å². The molecule has 86 valence electrons. The Hall–Kier alpha value is -0.540. The highest BCUT2D eigenvalue weighted by Crippen LogP contribution is 2.12. The third-order valence-electron chi connectivity index (χ3n) is 2.20. The van der Waals surface area contributed by atoms with E-state index in [0.717, 1.165) is 23.9 Å². The van der Waals surface area contributed by atoms with Crippen molar-refractivity contribution in [1.82, 2.24) is 0 Å². The van der Waals surface area contributed by atoms with Crippen LogP contribution in [0.2, 0.25) is 0 Å². The lowest BCUT2D eigenvalue weighted by molar-refractivity contribution is -0.870. The molecular weight excluding hydrogens is 254 g/mol. The van der Waals surface area contributed by atoms with Crippen LogP contribution in [-0.2, 0) is 6.42 Å². The van der Waals surface area contributed by atoms with Gasteiger partial charge in [0.15, 0.2) is 0 Å². The Kier molecular flexibility index (Phi) is 5.91. The number of benzene rings is 1. The summed E-state index contributed by atoms with van der Waals surface area (Å²) in [5.41, 5.74) is 1.22. The highest BCUT2D eigenvalue weighted by Gasteiger charge is 2.05. The molecule has 0 unspecified atom stereocenters. The molecule has 1 aromatic rings. The minimum absolute atomic E-state index is 0. The SMILES string of the molecule is C[N+](C)(C)CCCc1cccc(O)c1.[Br-]. The lowest BCUT2D eigenvalue weighted by atomic mass is 10.1. The van der Waals surface area contributed by atoms with E-state index in [1.165, 1.54) is 5.56 Å². The number of halogens is 1. The summed E-state index contributed by atoms with van der Waals surface area (Å²) in [5, 5.41) is 9.27. The maximum atomic E-state index is 9.27. The van der Waals surface area contributed by atoms with Crippen LogP contribution in [0.1, 0.15) is 12.0 Å². The summed E-state index contributed by atoms with van der Waals surface area (Å²) in [7, 11) is 6.59. The molecule has 0 bridgehead atoms. The maximum absolute atomic E-state index is 9.27. The molecule has 1 N–H and O–H groups in total. The molecule has 0 fully saturated rings. The van der Waals surface area contributed by atoms with Crippen LogP contribution in [0.4, 0.5) is 0 Å². The molecule has 0 heterocycles. The molecule has 0 aromatic heterocycles. The summed E-state index contributed by atoms with van der Waals surface area (Å²) in [5.74, 6) is 0.368. The predicted octanol–water partition coefficient (Wildman–Crippen LogP) is -0.965. The second-order valence-corrected chi connectivity index (χ2v) is 4.79. The van der Waals surface area contributed by atoms with E-state index in [9.17, 15) is 5.11 Å². The van der Waals surface area contributed by atoms with E-state index in [1.54, 1.807) is 6.07 Å². The van der Waals surface area contributed by atoms with E-state index in [4.69, 9.17) is 0 Å². The molecule has 1 rings (SSSR count). The second kappa shape index (κ2) is 6.13. The Labute approximate surface area is 103 Å². The molecule has 1 aromatic carbocycles. The molecular formula is C12H20BrNO. The van der Waals surface area contributed by atoms with E-state index in [1.807, 2.05) is 12.1 Å². The van der Waals surface area contributed by atoms with Crippen LogP contribution in [0.5, 0.6) is 5.75 Å². The normalized spacial score (nSPS) is 10.9. The zero-order chi connectivity index (χ0) is 10.6. The van der Waals surface area contributed by atoms with Gasteiger partial charge in [0, 0.05) is 6.42 Å². The van der Waals surface area contributed by atoms with Crippen LogP contribution >= 0.6 is 0 Å². The number of quaternary nitrogens is 1. The van der Waals surface area contributed by atoms with Gasteiger partial charge in [0.2, 0.25) is 0 Å². The molecule has 0 saturated heterocycles. The quantitative estimate of drug-likeness (QED) is 0.701. The summed E-state index contributed by atoms with van der Waals surface area (Å²) < 4.78 is 0.999. The van der Waals surface area contributed by atoms with E-state index < -0.39 is 0 Å². The summed E-state index contributed by atoms with van der Waals surface area (Å²) >= 11 is 0. The van der Waals surface area contributed by atoms with Gasteiger partial charge >= 0.3 is 0 Å². The number of hydrogen-bond acceptors (Lipinski definition) is 1. The minimum Gasteiger partial charge on any atom is -1.00 e. The van der Waals surface area contributed by atoms with E-state index in [2.05, 4.69) is 27.2 Å². The minimum atomic E-state index is 0. The van der Waals surface area contributed by atoms with Crippen molar-refractivity contribution >= 4 is 0 Å². The number of rotatable bonds is 4. The average Bonchev–Trinajstić information content (AvgIpc) is 2.01. The lowest BCUT2D eigenvalue weighted by Gasteiger charge is -2.23. The summed E-state index contributed by atoms with van der Waals surface area (Å²) in [6.45, 7) is 1.16. The molecule has 3 heteroatoms. The smallest absolute Gasteiger partial charge is 0.115 e. The van der Waals surface area contributed by atoms with Gasteiger partial charge in [-0.25, -0.2) is 0 Å². The Morgan fingerprint density at radius 3 is 2.40 bits per heavy atom. The number of phenols is 1. The molecule has 0 saturated carbocycles. The second-order valence-electron chi connectivity index (χ2n) is 4.79. The fraction of sp³-hybridized carbons (Fsp3) is 0.500. The van der Waals surface area contributed by atoms with Gasteiger partial charge in [0.25, 0.3) is 0 Å². The first-order valence-electron chi connectivity index (χ1n) is 5.06. The van der Waals surface area contributed by atoms with Crippen molar-refractivity contribution in [2.75, 3.05) is 27.7 Å². The fourth-order valence-corrected chi connectivity index (χ4v) is 1.47. The van der Waals surface area contributed by atoms with Crippen LogP contribution in [0.15, 0.2) is 24.3 Å². The van der Waals surface area contributed by atoms with Crippen molar-refractivity contribution in [3.8, 4) is 5.75 Å². The number of aryl methyl sites for hydroxylation is 1. The monoisotopic (exact) mass is 273 g/mol. The first kappa shape index (κ1) is 14.5. The van der Waals surface area contributed by atoms with Crippen LogP contribution in [0.3, 0.4) is 0 Å². The van der Waals surface area contributed by atoms with E-state index in [0.29, 0.717) is 5.75 Å². The highest BCUT2D eigenvalue weighted by atomic mass is 79.9. The van der Waals surface area contributed by atoms with Gasteiger partial charge < -0.3 is 26.6 Å². The molecule has 0 amide bonds. The third kappa shape index (κ3) is 6.52. The number of phenolic OH excluding ortho intramolecular Hbond substituents is 1. The first-order chi connectivity index (χ1) is 6.47. The maximum Gasteiger partial charge on any atom is 0.115 e. The molecule has 2 nitrogen and oxygen atoms in total. The molecule has 0 aliphatic rings. The zero-order valence-corrected chi connectivity index (χ0v) is 11.3. The van der Waals surface area contributed by atoms with Crippen LogP contribution in [0.25, 0.3) is 0 Å². The average molecular weight is 274 g/mol. The summed E-state index contributed by atoms with van der Waals surface area (Å²) in [6, 6.07) is 7.52. The van der Waals surface area contributed by atoms with Crippen LogP contribution < -0.4 is 17.0 Å². The van der Waals surface area contributed by atoms with Gasteiger partial charge in [-0.2, -0.15) is 0 Å². The topological polar surface area (TPSA) is 20.2 Å². The highest BCUT2D eigenvalue weighted by molar-refractivity contribution is 5.27. The van der Waals surface area contributed by atoms with Crippen molar-refractivity contribution in [2.24, 2.45) is 0 Å². The largest absolute Gasteiger partial charge is 1.00 e. The number of aromatic hydroxyl groups is 1. The van der Waals surface area contributed by atoms with Gasteiger partial charge in [-0.1, -0.05) is 12.1 Å². The summed E-state index contributed by atoms with van der Waals surface area (Å²) in [4.78, 5) is 0. The predicted molar refractivity (Wildman–Crippen MR) is 59.3 cm³/mol. The lowest BCUT2D eigenvalue weighted by Crippen LogP contribution is -3.00. The standard InChI is InChI=1S/C12H19NO.BrH/c1-13(2,3)9-5-7-11-6-4-8-12(14)10-11;/h4,6,8,10H,5,7,9H2,1-3H3;1H. The summed E-state index contributed by atoms with van der Waals surface area (Å²) in [6.07, 6.45) is 2.21. The first-order valence-corrected chi connectivity index (χ1v) is 5.06. The molecule has 0 spiro atoms. The van der Waals surface area contributed by atoms with Crippen molar-refractivity contribution in [2.45, 2.75) is 12.8 Å². The van der Waals surface area contributed by atoms with E-state index >= 15 is 0 Å². The Morgan fingerprint density at radius 1 is 1.20 bits per heavy atom. The Bertz CT molecular complexity index is 294. The van der Waals surface area contributed by atoms with Gasteiger partial charge in [0.05, 0.1) is 27.7 Å². The molecule has 0 radical (unpaired) electrons. The molecule has 0 atom stereocenters. The van der Waals surface area contributed by atoms with Crippen molar-refractivity contribution in [3.63, 3.8) is 0 Å². The number of hydrogen-bond donors (Lipinski definition) is 1. The van der Waals surface area contributed by atoms with Gasteiger partial charge in [0.1, 0.15) is 5.75 Å². The Morgan fingerprint density at radius 2 is 1.87 bits per heavy atom. The van der Waals surface area contributed by atoms with Gasteiger partial charge in [-0.05, 0) is 24.1 Å². The Balaban J connectivity index is 0.00000196. The third-order valence-corrected chi connectivity index (χ3v) is 2.20. The van der Waals surface area contributed by atoms with E-state index in [-0.39, 0.29) is 17.0 Å². The van der Waals surface area contributed by atoms with Crippen molar-refractivity contribution in [3.05, 3.63) is 29.8 Å². The van der Waals surface area contributed by atoms with Gasteiger partial charge in [-0.3, -0.25) is 0 Å². The zero-order valence-electron chi connectivity index (χ0n) is 9.70. The van der Waals surface area contributed by atoms with Crippen LogP contribution in [0, 0.1) is 0 Å². The number of nitrogens with zero attached hydrogens (tertiary/aromatic N) is 1. The molecule has 0 aliphatic heterocycles. The van der Waals surface area contributed by atoms with Crippen molar-refractivity contribution in [1.29, 1.82) is 0 Å².